The van der Waals surface area contributed by atoms with Crippen molar-refractivity contribution >= 4 is 8.07 Å². The van der Waals surface area contributed by atoms with Crippen molar-refractivity contribution in [1.82, 2.24) is 9.13 Å². The Morgan fingerprint density at radius 1 is 0.622 bits per heavy atom. The maximum Gasteiger partial charge on any atom is 0.254 e. The first-order valence-electron chi connectivity index (χ1n) is 14.9. The summed E-state index contributed by atoms with van der Waals surface area (Å²) in [6, 6.07) is 15.5. The summed E-state index contributed by atoms with van der Waals surface area (Å²) < 4.78 is 13.8. The molecule has 0 N–H and O–H groups in total. The highest BCUT2D eigenvalue weighted by Gasteiger charge is 2.12. The van der Waals surface area contributed by atoms with Crippen molar-refractivity contribution in [1.29, 1.82) is 0 Å². The van der Waals surface area contributed by atoms with E-state index in [0.717, 1.165) is 56.0 Å². The molecule has 0 bridgehead atoms. The van der Waals surface area contributed by atoms with Gasteiger partial charge in [-0.3, -0.25) is 9.59 Å². The number of rotatable bonds is 6. The summed E-state index contributed by atoms with van der Waals surface area (Å²) in [7, 11) is 1.82. The third-order valence-corrected chi connectivity index (χ3v) is 8.40. The first-order chi connectivity index (χ1) is 21.3. The molecular formula is C38H44N2O4Si. The van der Waals surface area contributed by atoms with Crippen LogP contribution in [-0.2, 0) is 13.1 Å². The summed E-state index contributed by atoms with van der Waals surface area (Å²) in [5.41, 5.74) is 10.9. The lowest BCUT2D eigenvalue weighted by molar-refractivity contribution is 0.414. The Labute approximate surface area is 268 Å². The summed E-state index contributed by atoms with van der Waals surface area (Å²) in [5, 5.41) is 0. The fourth-order valence-corrected chi connectivity index (χ4v) is 5.02. The summed E-state index contributed by atoms with van der Waals surface area (Å²) in [4.78, 5) is 24.9. The number of ether oxygens (including phenoxy) is 2. The van der Waals surface area contributed by atoms with Crippen molar-refractivity contribution in [3.05, 3.63) is 126 Å². The molecular weight excluding hydrogens is 577 g/mol. The van der Waals surface area contributed by atoms with Gasteiger partial charge in [-0.2, -0.15) is 0 Å². The maximum absolute atomic E-state index is 12.6. The average Bonchev–Trinajstić information content (AvgIpc) is 3.02. The van der Waals surface area contributed by atoms with E-state index in [1.165, 1.54) is 0 Å². The molecule has 0 aliphatic rings. The van der Waals surface area contributed by atoms with Gasteiger partial charge in [0.25, 0.3) is 11.1 Å². The van der Waals surface area contributed by atoms with E-state index in [0.29, 0.717) is 13.1 Å². The first kappa shape index (κ1) is 34.8. The summed E-state index contributed by atoms with van der Waals surface area (Å²) in [5.74, 6) is 10.9. The van der Waals surface area contributed by atoms with Gasteiger partial charge in [0.1, 0.15) is 19.6 Å². The first-order valence-corrected chi connectivity index (χ1v) is 18.4. The van der Waals surface area contributed by atoms with Gasteiger partial charge in [0.2, 0.25) is 0 Å². The molecule has 0 saturated carbocycles. The smallest absolute Gasteiger partial charge is 0.254 e. The lowest BCUT2D eigenvalue weighted by atomic mass is 10.1. The number of pyridine rings is 2. The van der Waals surface area contributed by atoms with Crippen LogP contribution < -0.4 is 20.6 Å². The lowest BCUT2D eigenvalue weighted by Crippen LogP contribution is -2.24. The van der Waals surface area contributed by atoms with Crippen molar-refractivity contribution in [3.63, 3.8) is 0 Å². The molecule has 0 atom stereocenters. The van der Waals surface area contributed by atoms with E-state index in [4.69, 9.17) is 9.47 Å². The fourth-order valence-electron chi connectivity index (χ4n) is 4.51. The van der Waals surface area contributed by atoms with Crippen LogP contribution in [0, 0.1) is 51.0 Å². The van der Waals surface area contributed by atoms with Crippen LogP contribution in [0.15, 0.2) is 70.5 Å². The normalized spacial score (nSPS) is 10.4. The van der Waals surface area contributed by atoms with Gasteiger partial charge in [-0.05, 0) is 81.1 Å². The molecule has 0 unspecified atom stereocenters. The van der Waals surface area contributed by atoms with Crippen molar-refractivity contribution in [2.45, 2.75) is 67.3 Å². The topological polar surface area (TPSA) is 62.5 Å². The van der Waals surface area contributed by atoms with Gasteiger partial charge in [0.05, 0.1) is 27.3 Å². The van der Waals surface area contributed by atoms with E-state index in [1.807, 2.05) is 88.6 Å². The van der Waals surface area contributed by atoms with Crippen molar-refractivity contribution in [3.8, 4) is 34.8 Å². The number of benzene rings is 2. The van der Waals surface area contributed by atoms with Gasteiger partial charge >= 0.3 is 0 Å². The Morgan fingerprint density at radius 2 is 1.00 bits per heavy atom. The van der Waals surface area contributed by atoms with Crippen LogP contribution in [0.1, 0.15) is 51.4 Å². The molecule has 2 aromatic carbocycles. The third-order valence-electron chi connectivity index (χ3n) is 7.52. The van der Waals surface area contributed by atoms with Crippen LogP contribution in [0.5, 0.6) is 11.5 Å². The minimum atomic E-state index is -1.46. The van der Waals surface area contributed by atoms with E-state index >= 15 is 0 Å². The van der Waals surface area contributed by atoms with Gasteiger partial charge < -0.3 is 18.6 Å². The van der Waals surface area contributed by atoms with Crippen LogP contribution in [0.4, 0.5) is 0 Å². The summed E-state index contributed by atoms with van der Waals surface area (Å²) in [6.07, 6.45) is 3.73. The Balaban J connectivity index is 0.000000248. The molecule has 0 radical (unpaired) electrons. The Bertz CT molecular complexity index is 1890. The number of aromatic nitrogens is 2. The zero-order valence-corrected chi connectivity index (χ0v) is 29.2. The van der Waals surface area contributed by atoms with Gasteiger partial charge in [0.15, 0.2) is 0 Å². The summed E-state index contributed by atoms with van der Waals surface area (Å²) in [6.45, 7) is 17.2. The van der Waals surface area contributed by atoms with Crippen LogP contribution in [0.25, 0.3) is 0 Å². The molecule has 0 aliphatic heterocycles. The second-order valence-corrected chi connectivity index (χ2v) is 16.8. The number of hydrogen-bond donors (Lipinski definition) is 0. The molecule has 4 aromatic rings. The molecule has 4 rings (SSSR count). The van der Waals surface area contributed by atoms with Crippen molar-refractivity contribution < 1.29 is 9.47 Å². The van der Waals surface area contributed by atoms with Crippen LogP contribution in [0.3, 0.4) is 0 Å². The van der Waals surface area contributed by atoms with Crippen LogP contribution in [-0.4, -0.2) is 31.4 Å². The van der Waals surface area contributed by atoms with E-state index in [2.05, 4.69) is 42.9 Å². The minimum absolute atomic E-state index is 0.0324. The number of hydrogen-bond acceptors (Lipinski definition) is 4. The fraction of sp³-hybridized carbons (Fsp3) is 0.316. The SMILES string of the molecule is CC#Cc1cn(Cc2ccc(OC)cc2)c(=O)c(C)c1C.COc1ccc(Cn2cc(C#C[Si](C)(C)C)c(C)c(C)c2=O)cc1. The molecule has 0 spiro atoms. The monoisotopic (exact) mass is 620 g/mol. The number of nitrogens with zero attached hydrogens (tertiary/aromatic N) is 2. The summed E-state index contributed by atoms with van der Waals surface area (Å²) >= 11 is 0. The molecule has 0 saturated heterocycles. The molecule has 2 heterocycles. The average molecular weight is 621 g/mol. The molecule has 6 nitrogen and oxygen atoms in total. The molecule has 0 fully saturated rings. The predicted molar refractivity (Wildman–Crippen MR) is 187 cm³/mol. The van der Waals surface area contributed by atoms with Gasteiger partial charge in [-0.25, -0.2) is 0 Å². The van der Waals surface area contributed by atoms with E-state index < -0.39 is 8.07 Å². The molecule has 7 heteroatoms. The quantitative estimate of drug-likeness (QED) is 0.179. The zero-order chi connectivity index (χ0) is 33.3. The van der Waals surface area contributed by atoms with Crippen LogP contribution in [0.2, 0.25) is 19.6 Å². The van der Waals surface area contributed by atoms with Gasteiger partial charge in [0, 0.05) is 34.6 Å². The molecule has 0 amide bonds. The van der Waals surface area contributed by atoms with Crippen molar-refractivity contribution in [2.75, 3.05) is 14.2 Å². The van der Waals surface area contributed by atoms with Gasteiger partial charge in [-0.1, -0.05) is 55.7 Å². The van der Waals surface area contributed by atoms with E-state index in [1.54, 1.807) is 30.3 Å². The second-order valence-electron chi connectivity index (χ2n) is 12.0. The zero-order valence-electron chi connectivity index (χ0n) is 28.2. The molecule has 2 aromatic heterocycles. The predicted octanol–water partition coefficient (Wildman–Crippen LogP) is 6.64. The maximum atomic E-state index is 12.6. The standard InChI is InChI=1S/C20H25NO2Si.C18H19NO2/c1-15-16(2)20(22)21(14-18(15)11-12-24(4,5)6)13-17-7-9-19(23-3)10-8-17;1-5-6-16-12-19(18(20)14(3)13(16)2)11-15-7-9-17(21-4)10-8-15/h7-10,14H,13H2,1-6H3;7-10,12H,11H2,1-4H3. The Hall–Kier alpha value is -4.72. The van der Waals surface area contributed by atoms with Gasteiger partial charge in [-0.15, -0.1) is 11.5 Å². The van der Waals surface area contributed by atoms with E-state index in [-0.39, 0.29) is 11.1 Å². The molecule has 0 aliphatic carbocycles. The Kier molecular flexibility index (Phi) is 11.8. The lowest BCUT2D eigenvalue weighted by Gasteiger charge is -2.12. The highest BCUT2D eigenvalue weighted by Crippen LogP contribution is 2.15. The largest absolute Gasteiger partial charge is 0.497 e. The number of methoxy groups -OCH3 is 2. The van der Waals surface area contributed by atoms with E-state index in [9.17, 15) is 9.59 Å². The third kappa shape index (κ3) is 9.38. The molecule has 234 valence electrons. The molecule has 45 heavy (non-hydrogen) atoms. The highest BCUT2D eigenvalue weighted by molar-refractivity contribution is 6.83. The van der Waals surface area contributed by atoms with Crippen molar-refractivity contribution in [2.24, 2.45) is 0 Å². The Morgan fingerprint density at radius 3 is 1.33 bits per heavy atom. The highest BCUT2D eigenvalue weighted by atomic mass is 28.3. The second kappa shape index (κ2) is 15.3. The minimum Gasteiger partial charge on any atom is -0.497 e. The van der Waals surface area contributed by atoms with Crippen LogP contribution >= 0.6 is 0 Å².